The highest BCUT2D eigenvalue weighted by Gasteiger charge is 2.30. The lowest BCUT2D eigenvalue weighted by Crippen LogP contribution is -2.06. The third-order valence-corrected chi connectivity index (χ3v) is 3.38. The third-order valence-electron chi connectivity index (χ3n) is 3.07. The van der Waals surface area contributed by atoms with Crippen LogP contribution in [0.1, 0.15) is 23.6 Å². The molecule has 2 aromatic rings. The van der Waals surface area contributed by atoms with Gasteiger partial charge >= 0.3 is 6.18 Å². The maximum absolute atomic E-state index is 12.7. The van der Waals surface area contributed by atoms with Crippen LogP contribution in [-0.4, -0.2) is 5.17 Å². The Morgan fingerprint density at radius 1 is 1.14 bits per heavy atom. The van der Waals surface area contributed by atoms with Crippen molar-refractivity contribution >= 4 is 22.5 Å². The summed E-state index contributed by atoms with van der Waals surface area (Å²) in [5.74, 6) is 0. The number of rotatable bonds is 4. The zero-order chi connectivity index (χ0) is 16.2. The fourth-order valence-corrected chi connectivity index (χ4v) is 1.98. The molecule has 22 heavy (non-hydrogen) atoms. The third kappa shape index (κ3) is 4.24. The number of aryl methyl sites for hydroxylation is 1. The Bertz CT molecular complexity index is 664. The first-order valence-corrected chi connectivity index (χ1v) is 7.03. The van der Waals surface area contributed by atoms with Gasteiger partial charge in [-0.1, -0.05) is 42.8 Å². The molecule has 2 nitrogen and oxygen atoms in total. The van der Waals surface area contributed by atoms with Crippen LogP contribution in [0, 0.1) is 0 Å². The van der Waals surface area contributed by atoms with Crippen LogP contribution in [0.4, 0.5) is 18.9 Å². The van der Waals surface area contributed by atoms with Crippen LogP contribution in [0.5, 0.6) is 0 Å². The predicted molar refractivity (Wildman–Crippen MR) is 83.3 cm³/mol. The number of hydrazone groups is 1. The van der Waals surface area contributed by atoms with Crippen LogP contribution in [0.3, 0.4) is 0 Å². The molecular formula is C16H14ClF3N2. The second-order valence-corrected chi connectivity index (χ2v) is 5.00. The summed E-state index contributed by atoms with van der Waals surface area (Å²) in [6.07, 6.45) is -3.48. The number of hydrogen-bond acceptors (Lipinski definition) is 2. The average molecular weight is 327 g/mol. The second-order valence-electron chi connectivity index (χ2n) is 4.64. The topological polar surface area (TPSA) is 24.4 Å². The van der Waals surface area contributed by atoms with Gasteiger partial charge in [-0.15, -0.1) is 0 Å². The number of nitrogens with zero attached hydrogens (tertiary/aromatic N) is 1. The van der Waals surface area contributed by atoms with Gasteiger partial charge in [0, 0.05) is 5.56 Å². The molecule has 0 radical (unpaired) electrons. The number of nitrogens with one attached hydrogen (secondary N) is 1. The van der Waals surface area contributed by atoms with Crippen molar-refractivity contribution in [2.24, 2.45) is 5.10 Å². The Morgan fingerprint density at radius 2 is 1.82 bits per heavy atom. The van der Waals surface area contributed by atoms with Gasteiger partial charge in [0.05, 0.1) is 11.3 Å². The summed E-state index contributed by atoms with van der Waals surface area (Å²) in [4.78, 5) is 0. The highest BCUT2D eigenvalue weighted by Crippen LogP contribution is 2.29. The van der Waals surface area contributed by atoms with E-state index in [0.29, 0.717) is 5.69 Å². The number of hydrogen-bond donors (Lipinski definition) is 1. The SMILES string of the molecule is CCc1ccc(NN=C(Cl)c2cccc(C(F)(F)F)c2)cc1. The summed E-state index contributed by atoms with van der Waals surface area (Å²) in [6, 6.07) is 12.3. The fourth-order valence-electron chi connectivity index (χ4n) is 1.82. The van der Waals surface area contributed by atoms with E-state index in [-0.39, 0.29) is 10.7 Å². The minimum absolute atomic E-state index is 0.0364. The van der Waals surface area contributed by atoms with Gasteiger partial charge in [-0.3, -0.25) is 5.43 Å². The van der Waals surface area contributed by atoms with Crippen molar-refractivity contribution in [3.8, 4) is 0 Å². The van der Waals surface area contributed by atoms with E-state index >= 15 is 0 Å². The molecule has 0 atom stereocenters. The van der Waals surface area contributed by atoms with Crippen LogP contribution in [0.25, 0.3) is 0 Å². The molecule has 0 aromatic heterocycles. The molecule has 116 valence electrons. The second kappa shape index (κ2) is 6.83. The van der Waals surface area contributed by atoms with Crippen molar-refractivity contribution < 1.29 is 13.2 Å². The molecule has 0 heterocycles. The zero-order valence-electron chi connectivity index (χ0n) is 11.8. The first-order valence-electron chi connectivity index (χ1n) is 6.66. The number of benzene rings is 2. The van der Waals surface area contributed by atoms with Gasteiger partial charge in [-0.2, -0.15) is 18.3 Å². The largest absolute Gasteiger partial charge is 0.416 e. The van der Waals surface area contributed by atoms with E-state index in [4.69, 9.17) is 11.6 Å². The van der Waals surface area contributed by atoms with Gasteiger partial charge in [0.1, 0.15) is 0 Å². The van der Waals surface area contributed by atoms with Crippen molar-refractivity contribution in [2.75, 3.05) is 5.43 Å². The van der Waals surface area contributed by atoms with Gasteiger partial charge in [0.15, 0.2) is 5.17 Å². The lowest BCUT2D eigenvalue weighted by molar-refractivity contribution is -0.137. The molecule has 6 heteroatoms. The van der Waals surface area contributed by atoms with E-state index in [2.05, 4.69) is 10.5 Å². The van der Waals surface area contributed by atoms with E-state index in [1.165, 1.54) is 17.7 Å². The van der Waals surface area contributed by atoms with E-state index in [1.807, 2.05) is 31.2 Å². The first-order chi connectivity index (χ1) is 10.4. The van der Waals surface area contributed by atoms with Gasteiger partial charge in [0.25, 0.3) is 0 Å². The Balaban J connectivity index is 2.14. The highest BCUT2D eigenvalue weighted by molar-refractivity contribution is 6.69. The van der Waals surface area contributed by atoms with Crippen molar-refractivity contribution in [2.45, 2.75) is 19.5 Å². The Kier molecular flexibility index (Phi) is 5.08. The molecule has 0 aliphatic carbocycles. The number of alkyl halides is 3. The minimum Gasteiger partial charge on any atom is -0.277 e. The van der Waals surface area contributed by atoms with Crippen molar-refractivity contribution in [3.63, 3.8) is 0 Å². The lowest BCUT2D eigenvalue weighted by Gasteiger charge is -2.08. The zero-order valence-corrected chi connectivity index (χ0v) is 12.5. The van der Waals surface area contributed by atoms with Crippen LogP contribution < -0.4 is 5.43 Å². The summed E-state index contributed by atoms with van der Waals surface area (Å²) >= 11 is 5.96. The Morgan fingerprint density at radius 3 is 2.41 bits per heavy atom. The highest BCUT2D eigenvalue weighted by atomic mass is 35.5. The molecule has 0 aliphatic heterocycles. The molecule has 0 fully saturated rings. The Hall–Kier alpha value is -2.01. The smallest absolute Gasteiger partial charge is 0.277 e. The average Bonchev–Trinajstić information content (AvgIpc) is 2.52. The fraction of sp³-hybridized carbons (Fsp3) is 0.188. The minimum atomic E-state index is -4.41. The van der Waals surface area contributed by atoms with Crippen LogP contribution in [0.15, 0.2) is 53.6 Å². The number of halogens is 4. The molecule has 0 aliphatic rings. The summed E-state index contributed by atoms with van der Waals surface area (Å²) in [5.41, 5.74) is 4.06. The van der Waals surface area contributed by atoms with Crippen molar-refractivity contribution in [3.05, 3.63) is 65.2 Å². The number of anilines is 1. The van der Waals surface area contributed by atoms with Crippen LogP contribution >= 0.6 is 11.6 Å². The molecule has 0 saturated heterocycles. The van der Waals surface area contributed by atoms with Gasteiger partial charge in [-0.25, -0.2) is 0 Å². The molecule has 0 spiro atoms. The Labute approximate surface area is 131 Å². The lowest BCUT2D eigenvalue weighted by atomic mass is 10.1. The van der Waals surface area contributed by atoms with Gasteiger partial charge < -0.3 is 0 Å². The molecule has 0 bridgehead atoms. The molecule has 2 aromatic carbocycles. The molecule has 0 saturated carbocycles. The van der Waals surface area contributed by atoms with Crippen molar-refractivity contribution in [1.82, 2.24) is 0 Å². The van der Waals surface area contributed by atoms with Crippen LogP contribution in [0.2, 0.25) is 0 Å². The van der Waals surface area contributed by atoms with E-state index < -0.39 is 11.7 Å². The van der Waals surface area contributed by atoms with E-state index in [9.17, 15) is 13.2 Å². The van der Waals surface area contributed by atoms with Gasteiger partial charge in [0.2, 0.25) is 0 Å². The standard InChI is InChI=1S/C16H14ClF3N2/c1-2-11-6-8-14(9-7-11)21-22-15(17)12-4-3-5-13(10-12)16(18,19)20/h3-10,21H,2H2,1H3. The monoisotopic (exact) mass is 326 g/mol. The first kappa shape index (κ1) is 16.4. The maximum atomic E-state index is 12.7. The quantitative estimate of drug-likeness (QED) is 0.600. The molecule has 0 amide bonds. The maximum Gasteiger partial charge on any atom is 0.416 e. The molecule has 1 N–H and O–H groups in total. The summed E-state index contributed by atoms with van der Waals surface area (Å²) < 4.78 is 38.0. The van der Waals surface area contributed by atoms with E-state index in [1.54, 1.807) is 0 Å². The summed E-state index contributed by atoms with van der Waals surface area (Å²) in [7, 11) is 0. The summed E-state index contributed by atoms with van der Waals surface area (Å²) in [6.45, 7) is 2.05. The van der Waals surface area contributed by atoms with Crippen LogP contribution in [-0.2, 0) is 12.6 Å². The molecule has 2 rings (SSSR count). The predicted octanol–water partition coefficient (Wildman–Crippen LogP) is 5.28. The molecular weight excluding hydrogens is 313 g/mol. The normalized spacial score (nSPS) is 12.3. The van der Waals surface area contributed by atoms with Crippen molar-refractivity contribution in [1.29, 1.82) is 0 Å². The van der Waals surface area contributed by atoms with E-state index in [0.717, 1.165) is 18.6 Å². The summed E-state index contributed by atoms with van der Waals surface area (Å²) in [5, 5.41) is 3.87. The van der Waals surface area contributed by atoms with Gasteiger partial charge in [-0.05, 0) is 36.2 Å². The molecule has 0 unspecified atom stereocenters.